The van der Waals surface area contributed by atoms with Crippen LogP contribution < -0.4 is 11.1 Å². The number of nitrogens with one attached hydrogen (secondary N) is 1. The van der Waals surface area contributed by atoms with Gasteiger partial charge in [0.05, 0.1) is 11.9 Å². The molecule has 0 saturated heterocycles. The highest BCUT2D eigenvalue weighted by Crippen LogP contribution is 2.03. The summed E-state index contributed by atoms with van der Waals surface area (Å²) in [6.07, 6.45) is 1.68. The van der Waals surface area contributed by atoms with Gasteiger partial charge in [-0.2, -0.15) is 0 Å². The molecule has 0 aliphatic carbocycles. The van der Waals surface area contributed by atoms with E-state index in [1.807, 2.05) is 6.92 Å². The predicted molar refractivity (Wildman–Crippen MR) is 51.3 cm³/mol. The van der Waals surface area contributed by atoms with E-state index in [1.54, 1.807) is 13.1 Å². The number of amides is 1. The molecule has 78 valence electrons. The Morgan fingerprint density at radius 1 is 1.79 bits per heavy atom. The summed E-state index contributed by atoms with van der Waals surface area (Å²) in [5.41, 5.74) is 6.06. The number of hydrogen-bond donors (Lipinski definition) is 2. The van der Waals surface area contributed by atoms with Crippen LogP contribution in [0.1, 0.15) is 25.6 Å². The number of hydrogen-bond acceptors (Lipinski definition) is 4. The maximum atomic E-state index is 11.4. The Hall–Kier alpha value is -1.43. The fourth-order valence-corrected chi connectivity index (χ4v) is 1.04. The van der Waals surface area contributed by atoms with Crippen molar-refractivity contribution in [1.29, 1.82) is 0 Å². The third kappa shape index (κ3) is 2.29. The van der Waals surface area contributed by atoms with Gasteiger partial charge in [-0.25, -0.2) is 4.68 Å². The molecule has 1 amide bonds. The molecule has 6 heteroatoms. The largest absolute Gasteiger partial charge is 0.355 e. The van der Waals surface area contributed by atoms with Crippen molar-refractivity contribution in [3.63, 3.8) is 0 Å². The smallest absolute Gasteiger partial charge is 0.244 e. The maximum absolute atomic E-state index is 11.4. The maximum Gasteiger partial charge on any atom is 0.244 e. The summed E-state index contributed by atoms with van der Waals surface area (Å²) in [6.45, 7) is 4.58. The van der Waals surface area contributed by atoms with Crippen molar-refractivity contribution in [1.82, 2.24) is 20.3 Å². The summed E-state index contributed by atoms with van der Waals surface area (Å²) in [5.74, 6) is -0.0685. The van der Waals surface area contributed by atoms with E-state index in [0.717, 1.165) is 0 Å². The van der Waals surface area contributed by atoms with Crippen LogP contribution >= 0.6 is 0 Å². The Kier molecular flexibility index (Phi) is 3.58. The summed E-state index contributed by atoms with van der Waals surface area (Å²) in [6, 6.07) is -0.345. The number of nitrogens with zero attached hydrogens (tertiary/aromatic N) is 3. The van der Waals surface area contributed by atoms with Crippen molar-refractivity contribution < 1.29 is 4.79 Å². The Labute approximate surface area is 82.5 Å². The minimum absolute atomic E-state index is 0.0685. The van der Waals surface area contributed by atoms with E-state index in [4.69, 9.17) is 5.73 Å². The molecular weight excluding hydrogens is 182 g/mol. The van der Waals surface area contributed by atoms with Crippen LogP contribution in [-0.4, -0.2) is 27.4 Å². The Morgan fingerprint density at radius 2 is 2.50 bits per heavy atom. The van der Waals surface area contributed by atoms with Gasteiger partial charge in [-0.1, -0.05) is 5.21 Å². The fraction of sp³-hybridized carbons (Fsp3) is 0.625. The second-order valence-corrected chi connectivity index (χ2v) is 2.96. The predicted octanol–water partition coefficient (Wildman–Crippen LogP) is -0.566. The van der Waals surface area contributed by atoms with Gasteiger partial charge in [-0.15, -0.1) is 5.10 Å². The first-order chi connectivity index (χ1) is 6.69. The van der Waals surface area contributed by atoms with Crippen LogP contribution in [-0.2, 0) is 11.3 Å². The van der Waals surface area contributed by atoms with Crippen molar-refractivity contribution in [3.05, 3.63) is 11.9 Å². The highest BCUT2D eigenvalue weighted by atomic mass is 16.2. The van der Waals surface area contributed by atoms with E-state index >= 15 is 0 Å². The molecule has 1 rings (SSSR count). The van der Waals surface area contributed by atoms with Gasteiger partial charge in [0.25, 0.3) is 0 Å². The topological polar surface area (TPSA) is 85.8 Å². The number of rotatable bonds is 4. The van der Waals surface area contributed by atoms with Gasteiger partial charge < -0.3 is 11.1 Å². The van der Waals surface area contributed by atoms with Gasteiger partial charge in [-0.3, -0.25) is 4.79 Å². The molecule has 0 bridgehead atoms. The number of likely N-dealkylation sites (N-methyl/N-ethyl adjacent to an activating group) is 1. The molecule has 1 atom stereocenters. The van der Waals surface area contributed by atoms with Crippen molar-refractivity contribution >= 4 is 5.91 Å². The number of carbonyl (C=O) groups excluding carboxylic acids is 1. The number of carbonyl (C=O) groups is 1. The van der Waals surface area contributed by atoms with Gasteiger partial charge in [0.2, 0.25) is 5.91 Å². The normalized spacial score (nSPS) is 12.5. The van der Waals surface area contributed by atoms with E-state index in [0.29, 0.717) is 18.8 Å². The Morgan fingerprint density at radius 3 is 3.00 bits per heavy atom. The van der Waals surface area contributed by atoms with Gasteiger partial charge >= 0.3 is 0 Å². The molecule has 0 saturated carbocycles. The molecule has 0 aliphatic heterocycles. The molecule has 0 radical (unpaired) electrons. The van der Waals surface area contributed by atoms with Crippen molar-refractivity contribution in [2.24, 2.45) is 5.73 Å². The van der Waals surface area contributed by atoms with E-state index < -0.39 is 0 Å². The highest BCUT2D eigenvalue weighted by Gasteiger charge is 2.15. The van der Waals surface area contributed by atoms with Crippen LogP contribution in [0.15, 0.2) is 6.20 Å². The van der Waals surface area contributed by atoms with E-state index in [2.05, 4.69) is 15.6 Å². The van der Waals surface area contributed by atoms with Crippen LogP contribution in [0.3, 0.4) is 0 Å². The summed E-state index contributed by atoms with van der Waals surface area (Å²) < 4.78 is 1.51. The molecule has 1 aromatic heterocycles. The lowest BCUT2D eigenvalue weighted by atomic mass is 10.3. The molecule has 1 unspecified atom stereocenters. The van der Waals surface area contributed by atoms with Crippen LogP contribution in [0.5, 0.6) is 0 Å². The summed E-state index contributed by atoms with van der Waals surface area (Å²) >= 11 is 0. The van der Waals surface area contributed by atoms with E-state index in [9.17, 15) is 4.79 Å². The third-order valence-electron chi connectivity index (χ3n) is 1.89. The summed E-state index contributed by atoms with van der Waals surface area (Å²) in [5, 5.41) is 10.3. The Bertz CT molecular complexity index is 308. The van der Waals surface area contributed by atoms with E-state index in [1.165, 1.54) is 4.68 Å². The first-order valence-corrected chi connectivity index (χ1v) is 4.57. The molecule has 0 fully saturated rings. The molecule has 6 nitrogen and oxygen atoms in total. The lowest BCUT2D eigenvalue weighted by Gasteiger charge is -2.09. The molecule has 0 aliphatic rings. The minimum atomic E-state index is -0.345. The zero-order valence-electron chi connectivity index (χ0n) is 8.40. The average molecular weight is 197 g/mol. The summed E-state index contributed by atoms with van der Waals surface area (Å²) in [4.78, 5) is 11.4. The molecule has 1 heterocycles. The Balaban J connectivity index is 2.68. The van der Waals surface area contributed by atoms with Crippen molar-refractivity contribution in [2.45, 2.75) is 26.4 Å². The highest BCUT2D eigenvalue weighted by molar-refractivity contribution is 5.79. The third-order valence-corrected chi connectivity index (χ3v) is 1.89. The average Bonchev–Trinajstić information content (AvgIpc) is 2.65. The first kappa shape index (κ1) is 10.6. The monoisotopic (exact) mass is 197 g/mol. The lowest BCUT2D eigenvalue weighted by Crippen LogP contribution is -2.31. The molecule has 3 N–H and O–H groups in total. The summed E-state index contributed by atoms with van der Waals surface area (Å²) in [7, 11) is 0. The molecule has 0 aromatic carbocycles. The van der Waals surface area contributed by atoms with Crippen LogP contribution in [0, 0.1) is 0 Å². The molecule has 1 aromatic rings. The van der Waals surface area contributed by atoms with E-state index in [-0.39, 0.29) is 11.9 Å². The zero-order valence-corrected chi connectivity index (χ0v) is 8.40. The van der Waals surface area contributed by atoms with Crippen LogP contribution in [0.25, 0.3) is 0 Å². The van der Waals surface area contributed by atoms with Gasteiger partial charge in [0, 0.05) is 13.1 Å². The van der Waals surface area contributed by atoms with Crippen LogP contribution in [0.4, 0.5) is 0 Å². The second kappa shape index (κ2) is 4.71. The minimum Gasteiger partial charge on any atom is -0.355 e. The number of nitrogens with two attached hydrogens (primary N) is 1. The van der Waals surface area contributed by atoms with Crippen molar-refractivity contribution in [3.8, 4) is 0 Å². The van der Waals surface area contributed by atoms with Crippen LogP contribution in [0.2, 0.25) is 0 Å². The van der Waals surface area contributed by atoms with Gasteiger partial charge in [-0.05, 0) is 13.8 Å². The quantitative estimate of drug-likeness (QED) is 0.677. The van der Waals surface area contributed by atoms with Gasteiger partial charge in [0.1, 0.15) is 6.04 Å². The molecule has 14 heavy (non-hydrogen) atoms. The molecular formula is C8H15N5O. The molecule has 0 spiro atoms. The zero-order chi connectivity index (χ0) is 10.6. The van der Waals surface area contributed by atoms with Crippen molar-refractivity contribution in [2.75, 3.05) is 6.54 Å². The number of aromatic nitrogens is 3. The lowest BCUT2D eigenvalue weighted by molar-refractivity contribution is -0.124. The standard InChI is InChI=1S/C8H15N5O/c1-3-10-8(14)6(2)13-5-7(4-9)11-12-13/h5-6H,3-4,9H2,1-2H3,(H,10,14). The SMILES string of the molecule is CCNC(=O)C(C)n1cc(CN)nn1. The second-order valence-electron chi connectivity index (χ2n) is 2.96. The fourth-order valence-electron chi connectivity index (χ4n) is 1.04. The van der Waals surface area contributed by atoms with Gasteiger partial charge in [0.15, 0.2) is 0 Å². The first-order valence-electron chi connectivity index (χ1n) is 4.57.